The molecule has 0 aromatic carbocycles. The average molecular weight is 331 g/mol. The Morgan fingerprint density at radius 1 is 1.45 bits per heavy atom. The molecule has 3 atom stereocenters. The highest BCUT2D eigenvalue weighted by atomic mass is 32.2. The molecule has 0 spiro atoms. The van der Waals surface area contributed by atoms with E-state index in [2.05, 4.69) is 4.74 Å². The van der Waals surface area contributed by atoms with E-state index in [0.29, 0.717) is 5.57 Å². The molecule has 0 aromatic rings. The molecule has 0 saturated carbocycles. The molecule has 2 aliphatic heterocycles. The van der Waals surface area contributed by atoms with Crippen LogP contribution in [-0.2, 0) is 35.0 Å². The highest BCUT2D eigenvalue weighted by Crippen LogP contribution is 2.36. The van der Waals surface area contributed by atoms with Crippen molar-refractivity contribution in [2.24, 2.45) is 0 Å². The predicted octanol–water partition coefficient (Wildman–Crippen LogP) is 0.643. The summed E-state index contributed by atoms with van der Waals surface area (Å²) in [6, 6.07) is 0. The first-order chi connectivity index (χ1) is 10.3. The molecule has 1 amide bonds. The Labute approximate surface area is 130 Å². The van der Waals surface area contributed by atoms with Gasteiger partial charge in [0.1, 0.15) is 11.4 Å². The molecular formula is C13H17NO7S. The van der Waals surface area contributed by atoms with Gasteiger partial charge in [-0.25, -0.2) is 9.59 Å². The van der Waals surface area contributed by atoms with E-state index >= 15 is 0 Å². The second-order valence-electron chi connectivity index (χ2n) is 4.85. The van der Waals surface area contributed by atoms with Crippen molar-refractivity contribution in [3.05, 3.63) is 11.3 Å². The van der Waals surface area contributed by atoms with Gasteiger partial charge in [-0.05, 0) is 25.0 Å². The number of fused-ring (bicyclic) bond motifs is 1. The van der Waals surface area contributed by atoms with E-state index in [1.807, 2.05) is 0 Å². The smallest absolute Gasteiger partial charge is 0.511 e. The van der Waals surface area contributed by atoms with Gasteiger partial charge < -0.3 is 18.8 Å². The van der Waals surface area contributed by atoms with Crippen LogP contribution < -0.4 is 0 Å². The molecule has 1 fully saturated rings. The Kier molecular flexibility index (Phi) is 4.97. The van der Waals surface area contributed by atoms with Crippen LogP contribution in [-0.4, -0.2) is 51.5 Å². The quantitative estimate of drug-likeness (QED) is 0.322. The maximum absolute atomic E-state index is 12.2. The molecular weight excluding hydrogens is 314 g/mol. The van der Waals surface area contributed by atoms with Crippen LogP contribution in [0.4, 0.5) is 4.79 Å². The summed E-state index contributed by atoms with van der Waals surface area (Å²) in [5.74, 6) is -0.848. The Morgan fingerprint density at radius 3 is 2.73 bits per heavy atom. The van der Waals surface area contributed by atoms with Crippen molar-refractivity contribution < 1.29 is 33.1 Å². The Hall–Kier alpha value is -1.74. The molecule has 2 heterocycles. The van der Waals surface area contributed by atoms with Gasteiger partial charge in [0.05, 0.1) is 13.0 Å². The van der Waals surface area contributed by atoms with Crippen LogP contribution in [0.15, 0.2) is 11.3 Å². The topological polar surface area (TPSA) is 105 Å². The van der Waals surface area contributed by atoms with Crippen LogP contribution in [0.1, 0.15) is 27.2 Å². The van der Waals surface area contributed by atoms with Gasteiger partial charge in [0, 0.05) is 12.5 Å². The van der Waals surface area contributed by atoms with Crippen molar-refractivity contribution in [1.29, 1.82) is 0 Å². The number of amides is 1. The minimum absolute atomic E-state index is 0.0835. The molecule has 22 heavy (non-hydrogen) atoms. The molecule has 9 heteroatoms. The van der Waals surface area contributed by atoms with Crippen molar-refractivity contribution in [3.8, 4) is 0 Å². The molecule has 122 valence electrons. The predicted molar refractivity (Wildman–Crippen MR) is 74.6 cm³/mol. The van der Waals surface area contributed by atoms with Crippen LogP contribution in [0.3, 0.4) is 0 Å². The van der Waals surface area contributed by atoms with Crippen molar-refractivity contribution >= 4 is 29.2 Å². The van der Waals surface area contributed by atoms with Crippen LogP contribution >= 0.6 is 0 Å². The van der Waals surface area contributed by atoms with Crippen molar-refractivity contribution in [3.63, 3.8) is 0 Å². The summed E-state index contributed by atoms with van der Waals surface area (Å²) in [4.78, 5) is 36.2. The van der Waals surface area contributed by atoms with Gasteiger partial charge in [-0.3, -0.25) is 9.69 Å². The second kappa shape index (κ2) is 6.57. The zero-order valence-corrected chi connectivity index (χ0v) is 13.3. The molecule has 2 unspecified atom stereocenters. The Bertz CT molecular complexity index is 532. The van der Waals surface area contributed by atoms with Crippen molar-refractivity contribution in [2.75, 3.05) is 12.4 Å². The maximum atomic E-state index is 12.2. The number of nitrogens with zero attached hydrogens (tertiary/aromatic N) is 1. The summed E-state index contributed by atoms with van der Waals surface area (Å²) in [6.45, 7) is 4.73. The number of carbonyl (C=O) groups excluding carboxylic acids is 3. The lowest BCUT2D eigenvalue weighted by molar-refractivity contribution is -0.168. The minimum Gasteiger partial charge on any atom is -0.614 e. The van der Waals surface area contributed by atoms with Crippen LogP contribution in [0.25, 0.3) is 0 Å². The number of ether oxygens (including phenoxy) is 3. The van der Waals surface area contributed by atoms with Crippen LogP contribution in [0, 0.1) is 0 Å². The summed E-state index contributed by atoms with van der Waals surface area (Å²) in [6.07, 6.45) is -1.95. The zero-order chi connectivity index (χ0) is 16.4. The lowest BCUT2D eigenvalue weighted by Gasteiger charge is -2.44. The third-order valence-electron chi connectivity index (χ3n) is 3.20. The Balaban J connectivity index is 2.03. The number of esters is 1. The van der Waals surface area contributed by atoms with E-state index in [1.54, 1.807) is 13.8 Å². The number of rotatable bonds is 4. The largest absolute Gasteiger partial charge is 0.614 e. The number of β-lactam (4-membered cyclic amide) rings is 1. The number of hydrogen-bond acceptors (Lipinski definition) is 7. The molecule has 0 aromatic heterocycles. The van der Waals surface area contributed by atoms with Gasteiger partial charge in [-0.2, -0.15) is 0 Å². The fraction of sp³-hybridized carbons (Fsp3) is 0.615. The fourth-order valence-electron chi connectivity index (χ4n) is 2.24. The van der Waals surface area contributed by atoms with E-state index in [1.165, 1.54) is 11.8 Å². The SMILES string of the molecule is CCOC(=O)OC(C)OC(=O)C1=C(C)C[S+]([O-])[C@@H]2CC(=O)N12. The molecule has 2 aliphatic rings. The highest BCUT2D eigenvalue weighted by molar-refractivity contribution is 7.92. The van der Waals surface area contributed by atoms with E-state index in [4.69, 9.17) is 9.47 Å². The third-order valence-corrected chi connectivity index (χ3v) is 4.91. The number of hydrogen-bond donors (Lipinski definition) is 0. The molecule has 0 bridgehead atoms. The molecule has 2 rings (SSSR count). The standard InChI is InChI=1S/C13H17NO7S/c1-4-19-13(17)21-8(3)20-12(16)11-7(2)6-22(18)10-5-9(15)14(10)11/h8,10H,4-6H2,1-3H3/t8?,10-,22?/m1/s1. The second-order valence-corrected chi connectivity index (χ2v) is 6.44. The summed E-state index contributed by atoms with van der Waals surface area (Å²) in [7, 11) is 0. The first-order valence-electron chi connectivity index (χ1n) is 6.78. The van der Waals surface area contributed by atoms with Crippen LogP contribution in [0.2, 0.25) is 0 Å². The van der Waals surface area contributed by atoms with Crippen molar-refractivity contribution in [2.45, 2.75) is 38.9 Å². The van der Waals surface area contributed by atoms with Gasteiger partial charge in [0.25, 0.3) is 0 Å². The molecule has 0 aliphatic carbocycles. The fourth-order valence-corrected chi connectivity index (χ4v) is 3.78. The Morgan fingerprint density at radius 2 is 2.14 bits per heavy atom. The summed E-state index contributed by atoms with van der Waals surface area (Å²) in [5.41, 5.74) is 0.594. The summed E-state index contributed by atoms with van der Waals surface area (Å²) in [5, 5.41) is -0.472. The van der Waals surface area contributed by atoms with Gasteiger partial charge in [0.15, 0.2) is 0 Å². The van der Waals surface area contributed by atoms with E-state index in [-0.39, 0.29) is 30.4 Å². The maximum Gasteiger partial charge on any atom is 0.511 e. The molecule has 0 radical (unpaired) electrons. The minimum atomic E-state index is -1.21. The molecule has 0 N–H and O–H groups in total. The van der Waals surface area contributed by atoms with Crippen molar-refractivity contribution in [1.82, 2.24) is 4.90 Å². The van der Waals surface area contributed by atoms with E-state index in [0.717, 1.165) is 0 Å². The monoisotopic (exact) mass is 331 g/mol. The van der Waals surface area contributed by atoms with Gasteiger partial charge >= 0.3 is 12.1 Å². The third kappa shape index (κ3) is 3.20. The van der Waals surface area contributed by atoms with E-state index in [9.17, 15) is 18.9 Å². The lowest BCUT2D eigenvalue weighted by atomic mass is 10.1. The molecule has 1 saturated heterocycles. The van der Waals surface area contributed by atoms with Gasteiger partial charge in [-0.15, -0.1) is 0 Å². The lowest BCUT2D eigenvalue weighted by Crippen LogP contribution is -2.60. The summed E-state index contributed by atoms with van der Waals surface area (Å²) < 4.78 is 26.2. The first kappa shape index (κ1) is 16.6. The highest BCUT2D eigenvalue weighted by Gasteiger charge is 2.52. The van der Waals surface area contributed by atoms with Gasteiger partial charge in [-0.1, -0.05) is 0 Å². The van der Waals surface area contributed by atoms with Gasteiger partial charge in [0.2, 0.25) is 17.6 Å². The molecule has 8 nitrogen and oxygen atoms in total. The van der Waals surface area contributed by atoms with Crippen LogP contribution in [0.5, 0.6) is 0 Å². The summed E-state index contributed by atoms with van der Waals surface area (Å²) >= 11 is -1.21. The average Bonchev–Trinajstić information content (AvgIpc) is 2.40. The zero-order valence-electron chi connectivity index (χ0n) is 12.5. The van der Waals surface area contributed by atoms with E-state index < -0.39 is 35.0 Å². The normalized spacial score (nSPS) is 25.1. The number of carbonyl (C=O) groups is 3. The first-order valence-corrected chi connectivity index (χ1v) is 8.16.